The summed E-state index contributed by atoms with van der Waals surface area (Å²) in [5, 5.41) is 7.51. The molecule has 0 atom stereocenters. The van der Waals surface area contributed by atoms with E-state index in [0.717, 1.165) is 23.5 Å². The lowest BCUT2D eigenvalue weighted by Crippen LogP contribution is -2.38. The molecule has 1 aromatic carbocycles. The van der Waals surface area contributed by atoms with Crippen LogP contribution in [-0.4, -0.2) is 38.7 Å². The highest BCUT2D eigenvalue weighted by Crippen LogP contribution is 2.18. The first kappa shape index (κ1) is 26.8. The van der Waals surface area contributed by atoms with Crippen molar-refractivity contribution in [2.75, 3.05) is 19.3 Å². The summed E-state index contributed by atoms with van der Waals surface area (Å²) in [4.78, 5) is 10.4. The van der Waals surface area contributed by atoms with Crippen LogP contribution in [0.15, 0.2) is 23.2 Å². The zero-order valence-electron chi connectivity index (χ0n) is 17.8. The molecule has 0 radical (unpaired) electrons. The Hall–Kier alpha value is -1.27. The molecule has 0 unspecified atom stereocenters. The molecule has 0 aliphatic carbocycles. The van der Waals surface area contributed by atoms with Gasteiger partial charge in [0.05, 0.1) is 23.0 Å². The number of nitrogens with zero attached hydrogens (tertiary/aromatic N) is 2. The number of halogens is 2. The number of aromatic nitrogens is 1. The predicted octanol–water partition coefficient (Wildman–Crippen LogP) is 3.61. The molecule has 0 aliphatic rings. The molecule has 0 saturated heterocycles. The van der Waals surface area contributed by atoms with Gasteiger partial charge in [-0.25, -0.2) is 22.8 Å². The van der Waals surface area contributed by atoms with Gasteiger partial charge in [-0.1, -0.05) is 13.0 Å². The van der Waals surface area contributed by atoms with Gasteiger partial charge >= 0.3 is 0 Å². The number of nitrogens with one attached hydrogen (secondary N) is 2. The van der Waals surface area contributed by atoms with Crippen LogP contribution in [0.25, 0.3) is 0 Å². The van der Waals surface area contributed by atoms with Crippen LogP contribution < -0.4 is 10.6 Å². The molecule has 2 rings (SSSR count). The highest BCUT2D eigenvalue weighted by atomic mass is 127. The number of hydrogen-bond donors (Lipinski definition) is 2. The summed E-state index contributed by atoms with van der Waals surface area (Å²) in [5.74, 6) is 0.0629. The molecule has 168 valence electrons. The molecular weight excluding hydrogens is 538 g/mol. The van der Waals surface area contributed by atoms with Crippen LogP contribution in [0.2, 0.25) is 0 Å². The largest absolute Gasteiger partial charge is 0.357 e. The standard InChI is InChI=1S/C20H29FN4O2S2.HI/c1-5-18-14(3)28-19(25-18)9-10-23-20(22-6-2)24-12-16-11-17(21)8-7-15(16)13-29(4,26)27;/h7-8,11H,5-6,9-10,12-13H2,1-4H3,(H2,22,23,24);1H. The van der Waals surface area contributed by atoms with Gasteiger partial charge in [0.15, 0.2) is 15.8 Å². The molecule has 0 aliphatic heterocycles. The minimum atomic E-state index is -3.22. The van der Waals surface area contributed by atoms with Crippen molar-refractivity contribution < 1.29 is 12.8 Å². The van der Waals surface area contributed by atoms with Crippen LogP contribution in [-0.2, 0) is 35.0 Å². The number of thiazole rings is 1. The van der Waals surface area contributed by atoms with E-state index in [9.17, 15) is 12.8 Å². The Morgan fingerprint density at radius 2 is 1.97 bits per heavy atom. The van der Waals surface area contributed by atoms with Gasteiger partial charge in [0.1, 0.15) is 5.82 Å². The van der Waals surface area contributed by atoms with Gasteiger partial charge in [0.25, 0.3) is 0 Å². The Balaban J connectivity index is 0.00000450. The van der Waals surface area contributed by atoms with E-state index < -0.39 is 15.7 Å². The molecule has 1 heterocycles. The molecule has 0 amide bonds. The maximum absolute atomic E-state index is 13.7. The monoisotopic (exact) mass is 568 g/mol. The summed E-state index contributed by atoms with van der Waals surface area (Å²) in [7, 11) is -3.22. The van der Waals surface area contributed by atoms with E-state index in [1.54, 1.807) is 11.3 Å². The molecule has 0 bridgehead atoms. The number of aliphatic imine (C=N–C) groups is 1. The first-order valence-electron chi connectivity index (χ1n) is 9.64. The van der Waals surface area contributed by atoms with E-state index in [1.165, 1.54) is 29.3 Å². The summed E-state index contributed by atoms with van der Waals surface area (Å²) in [5.41, 5.74) is 2.28. The third-order valence-corrected chi connectivity index (χ3v) is 6.15. The van der Waals surface area contributed by atoms with Gasteiger partial charge in [-0.05, 0) is 43.5 Å². The summed E-state index contributed by atoms with van der Waals surface area (Å²) in [6.07, 6.45) is 2.89. The average molecular weight is 569 g/mol. The van der Waals surface area contributed by atoms with E-state index in [0.29, 0.717) is 30.2 Å². The second-order valence-corrected chi connectivity index (χ2v) is 10.2. The fourth-order valence-corrected chi connectivity index (χ4v) is 4.75. The van der Waals surface area contributed by atoms with E-state index in [4.69, 9.17) is 0 Å². The van der Waals surface area contributed by atoms with Crippen molar-refractivity contribution in [3.05, 3.63) is 50.7 Å². The molecule has 2 aromatic rings. The normalized spacial score (nSPS) is 11.8. The number of hydrogen-bond acceptors (Lipinski definition) is 5. The van der Waals surface area contributed by atoms with Crippen LogP contribution >= 0.6 is 35.3 Å². The number of rotatable bonds is 9. The number of benzene rings is 1. The Morgan fingerprint density at radius 3 is 2.57 bits per heavy atom. The molecule has 1 aromatic heterocycles. The number of guanidine groups is 1. The number of sulfone groups is 1. The van der Waals surface area contributed by atoms with E-state index in [1.807, 2.05) is 6.92 Å². The van der Waals surface area contributed by atoms with E-state index in [-0.39, 0.29) is 36.3 Å². The maximum Gasteiger partial charge on any atom is 0.191 e. The van der Waals surface area contributed by atoms with Crippen molar-refractivity contribution in [2.24, 2.45) is 4.99 Å². The van der Waals surface area contributed by atoms with Crippen molar-refractivity contribution in [3.8, 4) is 0 Å². The lowest BCUT2D eigenvalue weighted by atomic mass is 10.1. The Bertz CT molecular complexity index is 962. The zero-order valence-corrected chi connectivity index (χ0v) is 21.8. The second kappa shape index (κ2) is 12.6. The third kappa shape index (κ3) is 8.84. The zero-order chi connectivity index (χ0) is 21.4. The predicted molar refractivity (Wildman–Crippen MR) is 133 cm³/mol. The Morgan fingerprint density at radius 1 is 1.23 bits per heavy atom. The molecule has 0 saturated carbocycles. The number of aryl methyl sites for hydroxylation is 2. The fourth-order valence-electron chi connectivity index (χ4n) is 2.88. The molecule has 6 nitrogen and oxygen atoms in total. The topological polar surface area (TPSA) is 83.5 Å². The lowest BCUT2D eigenvalue weighted by molar-refractivity contribution is 0.600. The van der Waals surface area contributed by atoms with Gasteiger partial charge in [0, 0.05) is 30.6 Å². The third-order valence-electron chi connectivity index (χ3n) is 4.24. The smallest absolute Gasteiger partial charge is 0.191 e. The summed E-state index contributed by atoms with van der Waals surface area (Å²) in [6.45, 7) is 7.69. The second-order valence-electron chi connectivity index (χ2n) is 6.82. The lowest BCUT2D eigenvalue weighted by Gasteiger charge is -2.12. The van der Waals surface area contributed by atoms with Crippen molar-refractivity contribution in [1.29, 1.82) is 0 Å². The quantitative estimate of drug-likeness (QED) is 0.275. The van der Waals surface area contributed by atoms with Crippen LogP contribution in [0.3, 0.4) is 0 Å². The minimum absolute atomic E-state index is 0. The van der Waals surface area contributed by atoms with Crippen molar-refractivity contribution >= 4 is 51.1 Å². The molecule has 30 heavy (non-hydrogen) atoms. The van der Waals surface area contributed by atoms with Crippen LogP contribution in [0.4, 0.5) is 4.39 Å². The van der Waals surface area contributed by atoms with Gasteiger partial charge in [-0.2, -0.15) is 0 Å². The van der Waals surface area contributed by atoms with E-state index in [2.05, 4.69) is 34.5 Å². The van der Waals surface area contributed by atoms with Crippen LogP contribution in [0.1, 0.15) is 40.6 Å². The first-order chi connectivity index (χ1) is 13.7. The highest BCUT2D eigenvalue weighted by molar-refractivity contribution is 14.0. The maximum atomic E-state index is 13.7. The summed E-state index contributed by atoms with van der Waals surface area (Å²) < 4.78 is 37.0. The van der Waals surface area contributed by atoms with E-state index >= 15 is 0 Å². The molecule has 0 spiro atoms. The average Bonchev–Trinajstić information content (AvgIpc) is 3.00. The van der Waals surface area contributed by atoms with Crippen molar-refractivity contribution in [1.82, 2.24) is 15.6 Å². The fraction of sp³-hybridized carbons (Fsp3) is 0.500. The highest BCUT2D eigenvalue weighted by Gasteiger charge is 2.11. The van der Waals surface area contributed by atoms with Crippen molar-refractivity contribution in [2.45, 2.75) is 45.9 Å². The van der Waals surface area contributed by atoms with Crippen LogP contribution in [0.5, 0.6) is 0 Å². The summed E-state index contributed by atoms with van der Waals surface area (Å²) in [6, 6.07) is 4.13. The molecule has 2 N–H and O–H groups in total. The van der Waals surface area contributed by atoms with Gasteiger partial charge in [0.2, 0.25) is 0 Å². The van der Waals surface area contributed by atoms with Gasteiger partial charge in [-0.3, -0.25) is 0 Å². The first-order valence-corrected chi connectivity index (χ1v) is 12.5. The SMILES string of the molecule is CCNC(=NCc1cc(F)ccc1CS(C)(=O)=O)NCCc1nc(CC)c(C)s1.I. The molecule has 0 fully saturated rings. The summed E-state index contributed by atoms with van der Waals surface area (Å²) >= 11 is 1.71. The van der Waals surface area contributed by atoms with Crippen LogP contribution in [0, 0.1) is 12.7 Å². The Kier molecular flexibility index (Phi) is 11.2. The van der Waals surface area contributed by atoms with Gasteiger partial charge < -0.3 is 10.6 Å². The molecule has 10 heteroatoms. The van der Waals surface area contributed by atoms with Crippen molar-refractivity contribution in [3.63, 3.8) is 0 Å². The van der Waals surface area contributed by atoms with Gasteiger partial charge in [-0.15, -0.1) is 35.3 Å². The molecular formula is C20H30FIN4O2S2. The minimum Gasteiger partial charge on any atom is -0.357 e. The Labute approximate surface area is 199 Å².